The molecular formula is C66H45N3Si. The van der Waals surface area contributed by atoms with E-state index in [4.69, 9.17) is 0 Å². The highest BCUT2D eigenvalue weighted by Crippen LogP contribution is 2.42. The second-order valence-corrected chi connectivity index (χ2v) is 22.3. The molecule has 0 atom stereocenters. The Labute approximate surface area is 407 Å². The zero-order valence-electron chi connectivity index (χ0n) is 38.3. The second-order valence-electron chi connectivity index (χ2n) is 18.4. The van der Waals surface area contributed by atoms with E-state index in [2.05, 4.69) is 287 Å². The molecule has 14 aromatic rings. The van der Waals surface area contributed by atoms with Gasteiger partial charge in [0.25, 0.3) is 0 Å². The van der Waals surface area contributed by atoms with Crippen molar-refractivity contribution in [3.63, 3.8) is 0 Å². The van der Waals surface area contributed by atoms with Gasteiger partial charge < -0.3 is 13.9 Å². The third-order valence-corrected chi connectivity index (χ3v) is 19.6. The quantitative estimate of drug-likeness (QED) is 0.104. The summed E-state index contributed by atoms with van der Waals surface area (Å²) >= 11 is 0. The highest BCUT2D eigenvalue weighted by atomic mass is 28.3. The Kier molecular flexibility index (Phi) is 9.23. The minimum absolute atomic E-state index is 1.09. The van der Waals surface area contributed by atoms with Crippen LogP contribution < -0.4 is 25.6 Å². The van der Waals surface area contributed by atoms with Crippen LogP contribution in [0.4, 0.5) is 17.1 Å². The number of hydrogen-bond acceptors (Lipinski definition) is 1. The highest BCUT2D eigenvalue weighted by Gasteiger charge is 2.41. The molecule has 0 aliphatic rings. The van der Waals surface area contributed by atoms with Crippen LogP contribution in [0.25, 0.3) is 76.7 Å². The zero-order valence-corrected chi connectivity index (χ0v) is 39.3. The van der Waals surface area contributed by atoms with Crippen LogP contribution in [0.15, 0.2) is 273 Å². The third kappa shape index (κ3) is 6.07. The van der Waals surface area contributed by atoms with E-state index in [9.17, 15) is 0 Å². The van der Waals surface area contributed by atoms with Gasteiger partial charge in [-0.25, -0.2) is 0 Å². The molecule has 0 bridgehead atoms. The Morgan fingerprint density at radius 2 is 0.657 bits per heavy atom. The standard InChI is InChI=1S/C66H45N3Si/c1-4-17-52(18-5-1)70(53-19-6-2-7-20-53,54-21-8-3-9-22-54)55-42-40-50(41-43-55)67(49-36-38-51(39-37-49)68-62-28-13-10-23-56(62)57-24-11-14-29-63(57)68)48-34-31-46(32-35-48)47-33-44-65-61(45-47)60-27-16-26-59-58-25-12-15-30-64(58)69(65)66(59)60/h1-45H. The Morgan fingerprint density at radius 3 is 1.20 bits per heavy atom. The molecule has 70 heavy (non-hydrogen) atoms. The van der Waals surface area contributed by atoms with Crippen molar-refractivity contribution < 1.29 is 0 Å². The smallest absolute Gasteiger partial charge is 0.179 e. The first-order chi connectivity index (χ1) is 34.7. The van der Waals surface area contributed by atoms with Crippen molar-refractivity contribution >= 4 is 106 Å². The summed E-state index contributed by atoms with van der Waals surface area (Å²) in [7, 11) is -2.72. The van der Waals surface area contributed by atoms with Gasteiger partial charge in [-0.3, -0.25) is 0 Å². The molecule has 328 valence electrons. The average molecular weight is 908 g/mol. The minimum atomic E-state index is -2.72. The molecule has 0 fully saturated rings. The number of rotatable bonds is 9. The van der Waals surface area contributed by atoms with Crippen LogP contribution in [0.1, 0.15) is 0 Å². The van der Waals surface area contributed by atoms with Crippen molar-refractivity contribution in [1.82, 2.24) is 8.97 Å². The van der Waals surface area contributed by atoms with Crippen LogP contribution in [0.3, 0.4) is 0 Å². The topological polar surface area (TPSA) is 12.6 Å². The fourth-order valence-electron chi connectivity index (χ4n) is 11.7. The monoisotopic (exact) mass is 907 g/mol. The number of nitrogens with zero attached hydrogens (tertiary/aromatic N) is 3. The van der Waals surface area contributed by atoms with Crippen molar-refractivity contribution in [3.8, 4) is 16.8 Å². The van der Waals surface area contributed by atoms with Crippen molar-refractivity contribution in [2.75, 3.05) is 4.90 Å². The molecule has 4 heteroatoms. The Hall–Kier alpha value is -8.96. The van der Waals surface area contributed by atoms with Gasteiger partial charge in [0, 0.05) is 55.1 Å². The lowest BCUT2D eigenvalue weighted by Gasteiger charge is -2.35. The van der Waals surface area contributed by atoms with E-state index < -0.39 is 8.07 Å². The van der Waals surface area contributed by atoms with Crippen molar-refractivity contribution in [3.05, 3.63) is 273 Å². The van der Waals surface area contributed by atoms with Gasteiger partial charge in [-0.15, -0.1) is 0 Å². The molecule has 0 amide bonds. The van der Waals surface area contributed by atoms with Crippen LogP contribution in [-0.4, -0.2) is 17.0 Å². The number of aromatic nitrogens is 2. The summed E-state index contributed by atoms with van der Waals surface area (Å²) in [4.78, 5) is 2.40. The predicted molar refractivity (Wildman–Crippen MR) is 299 cm³/mol. The first-order valence-electron chi connectivity index (χ1n) is 24.2. The SMILES string of the molecule is c1ccc([Si](c2ccccc2)(c2ccccc2)c2ccc(N(c3ccc(-c4ccc5c(c4)c4cccc6c7ccccc7n5c64)cc3)c3ccc(-n4c5ccccc5c5ccccc54)cc3)cc2)cc1. The fourth-order valence-corrected chi connectivity index (χ4v) is 16.5. The number of anilines is 3. The maximum absolute atomic E-state index is 2.72. The van der Waals surface area contributed by atoms with Gasteiger partial charge in [-0.2, -0.15) is 0 Å². The minimum Gasteiger partial charge on any atom is -0.311 e. The Balaban J connectivity index is 0.905. The molecule has 3 heterocycles. The predicted octanol–water partition coefficient (Wildman–Crippen LogP) is 14.4. The molecule has 11 aromatic carbocycles. The first kappa shape index (κ1) is 40.1. The molecule has 0 radical (unpaired) electrons. The van der Waals surface area contributed by atoms with Crippen LogP contribution in [0, 0.1) is 0 Å². The second kappa shape index (κ2) is 16.1. The Morgan fingerprint density at radius 1 is 0.271 bits per heavy atom. The van der Waals surface area contributed by atoms with Gasteiger partial charge in [0.15, 0.2) is 8.07 Å². The summed E-state index contributed by atoms with van der Waals surface area (Å²) in [6.45, 7) is 0. The molecule has 0 aliphatic carbocycles. The van der Waals surface area contributed by atoms with Gasteiger partial charge >= 0.3 is 0 Å². The van der Waals surface area contributed by atoms with Crippen LogP contribution in [0.5, 0.6) is 0 Å². The molecule has 3 nitrogen and oxygen atoms in total. The summed E-state index contributed by atoms with van der Waals surface area (Å²) in [6, 6.07) is 101. The van der Waals surface area contributed by atoms with E-state index in [1.165, 1.54) is 91.8 Å². The van der Waals surface area contributed by atoms with Gasteiger partial charge in [0.1, 0.15) is 0 Å². The van der Waals surface area contributed by atoms with Gasteiger partial charge in [-0.1, -0.05) is 194 Å². The Bertz CT molecular complexity index is 4050. The van der Waals surface area contributed by atoms with Crippen molar-refractivity contribution in [1.29, 1.82) is 0 Å². The maximum Gasteiger partial charge on any atom is 0.179 e. The molecule has 0 saturated carbocycles. The van der Waals surface area contributed by atoms with E-state index in [1.54, 1.807) is 0 Å². The van der Waals surface area contributed by atoms with E-state index in [0.29, 0.717) is 0 Å². The van der Waals surface area contributed by atoms with Crippen molar-refractivity contribution in [2.45, 2.75) is 0 Å². The number of benzene rings is 11. The molecule has 0 N–H and O–H groups in total. The van der Waals surface area contributed by atoms with E-state index in [1.807, 2.05) is 0 Å². The summed E-state index contributed by atoms with van der Waals surface area (Å²) < 4.78 is 4.84. The lowest BCUT2D eigenvalue weighted by atomic mass is 10.0. The van der Waals surface area contributed by atoms with E-state index in [0.717, 1.165) is 22.7 Å². The first-order valence-corrected chi connectivity index (χ1v) is 26.2. The number of hydrogen-bond donors (Lipinski definition) is 0. The highest BCUT2D eigenvalue weighted by molar-refractivity contribution is 7.19. The molecule has 0 unspecified atom stereocenters. The lowest BCUT2D eigenvalue weighted by molar-refractivity contribution is 1.17. The summed E-state index contributed by atoms with van der Waals surface area (Å²) in [5, 5.41) is 13.1. The van der Waals surface area contributed by atoms with Crippen molar-refractivity contribution in [2.24, 2.45) is 0 Å². The number of para-hydroxylation sites is 4. The summed E-state index contributed by atoms with van der Waals surface area (Å²) in [6.07, 6.45) is 0. The largest absolute Gasteiger partial charge is 0.311 e. The molecule has 3 aromatic heterocycles. The molecular weight excluding hydrogens is 863 g/mol. The van der Waals surface area contributed by atoms with Gasteiger partial charge in [-0.05, 0) is 111 Å². The molecule has 0 saturated heterocycles. The zero-order chi connectivity index (χ0) is 46.2. The summed E-state index contributed by atoms with van der Waals surface area (Å²) in [5.41, 5.74) is 13.0. The molecule has 14 rings (SSSR count). The van der Waals surface area contributed by atoms with E-state index in [-0.39, 0.29) is 0 Å². The van der Waals surface area contributed by atoms with Crippen LogP contribution in [-0.2, 0) is 0 Å². The summed E-state index contributed by atoms with van der Waals surface area (Å²) in [5.74, 6) is 0. The average Bonchev–Trinajstić information content (AvgIpc) is 4.08. The fraction of sp³-hybridized carbons (Fsp3) is 0. The third-order valence-electron chi connectivity index (χ3n) is 14.8. The molecule has 0 spiro atoms. The van der Waals surface area contributed by atoms with E-state index >= 15 is 0 Å². The van der Waals surface area contributed by atoms with Gasteiger partial charge in [0.2, 0.25) is 0 Å². The normalized spacial score (nSPS) is 12.0. The molecule has 0 aliphatic heterocycles. The number of fused-ring (bicyclic) bond motifs is 9. The lowest BCUT2D eigenvalue weighted by Crippen LogP contribution is -2.74. The maximum atomic E-state index is 2.45. The van der Waals surface area contributed by atoms with Crippen LogP contribution >= 0.6 is 0 Å². The van der Waals surface area contributed by atoms with Gasteiger partial charge in [0.05, 0.1) is 27.6 Å². The van der Waals surface area contributed by atoms with Crippen LogP contribution in [0.2, 0.25) is 0 Å².